The predicted molar refractivity (Wildman–Crippen MR) is 115 cm³/mol. The Hall–Kier alpha value is -2.93. The van der Waals surface area contributed by atoms with Crippen LogP contribution in [-0.2, 0) is 6.54 Å². The molecule has 3 aromatic rings. The summed E-state index contributed by atoms with van der Waals surface area (Å²) < 4.78 is 7.40. The molecule has 0 spiro atoms. The molecule has 0 bridgehead atoms. The second-order valence-corrected chi connectivity index (χ2v) is 8.31. The molecular weight excluding hydrogens is 378 g/mol. The van der Waals surface area contributed by atoms with Crippen molar-refractivity contribution in [2.45, 2.75) is 44.3 Å². The van der Waals surface area contributed by atoms with E-state index in [9.17, 15) is 4.79 Å². The van der Waals surface area contributed by atoms with Crippen LogP contribution >= 0.6 is 0 Å². The van der Waals surface area contributed by atoms with Crippen LogP contribution < -0.4 is 10.1 Å². The maximum absolute atomic E-state index is 12.2. The number of hydrogen-bond acceptors (Lipinski definition) is 5. The SMILES string of the molecule is COc1ccc(CN2CCC(n3cc(C(=O)NC4CC4)nn3)CC2)c2ccccc12. The van der Waals surface area contributed by atoms with Crippen molar-refractivity contribution in [1.82, 2.24) is 25.2 Å². The predicted octanol–water partition coefficient (Wildman–Crippen LogP) is 3.17. The molecule has 2 aliphatic rings. The van der Waals surface area contributed by atoms with Crippen molar-refractivity contribution in [3.8, 4) is 5.75 Å². The first-order chi connectivity index (χ1) is 14.7. The molecule has 1 N–H and O–H groups in total. The first-order valence-electron chi connectivity index (χ1n) is 10.7. The third-order valence-corrected chi connectivity index (χ3v) is 6.17. The van der Waals surface area contributed by atoms with Crippen LogP contribution in [0.1, 0.15) is 47.8 Å². The smallest absolute Gasteiger partial charge is 0.273 e. The van der Waals surface area contributed by atoms with Gasteiger partial charge in [0.1, 0.15) is 5.75 Å². The van der Waals surface area contributed by atoms with Gasteiger partial charge in [-0.15, -0.1) is 5.10 Å². The molecule has 0 unspecified atom stereocenters. The monoisotopic (exact) mass is 405 g/mol. The van der Waals surface area contributed by atoms with Crippen LogP contribution in [0.25, 0.3) is 10.8 Å². The lowest BCUT2D eigenvalue weighted by Crippen LogP contribution is -2.34. The minimum Gasteiger partial charge on any atom is -0.496 e. The van der Waals surface area contributed by atoms with Gasteiger partial charge in [0.15, 0.2) is 5.69 Å². The van der Waals surface area contributed by atoms with E-state index < -0.39 is 0 Å². The number of ether oxygens (including phenoxy) is 1. The molecular formula is C23H27N5O2. The van der Waals surface area contributed by atoms with Crippen LogP contribution in [-0.4, -0.2) is 52.0 Å². The first-order valence-corrected chi connectivity index (χ1v) is 10.7. The highest BCUT2D eigenvalue weighted by molar-refractivity contribution is 5.92. The van der Waals surface area contributed by atoms with Gasteiger partial charge in [0.2, 0.25) is 0 Å². The highest BCUT2D eigenvalue weighted by Gasteiger charge is 2.26. The third-order valence-electron chi connectivity index (χ3n) is 6.17. The van der Waals surface area contributed by atoms with E-state index in [1.54, 1.807) is 13.3 Å². The maximum Gasteiger partial charge on any atom is 0.273 e. The van der Waals surface area contributed by atoms with E-state index in [0.717, 1.165) is 56.5 Å². The van der Waals surface area contributed by atoms with Gasteiger partial charge in [0.05, 0.1) is 19.3 Å². The molecule has 1 aliphatic heterocycles. The van der Waals surface area contributed by atoms with Gasteiger partial charge in [-0.05, 0) is 42.7 Å². The Labute approximate surface area is 176 Å². The second-order valence-electron chi connectivity index (χ2n) is 8.31. The van der Waals surface area contributed by atoms with Crippen LogP contribution in [0.3, 0.4) is 0 Å². The molecule has 156 valence electrons. The molecule has 7 nitrogen and oxygen atoms in total. The summed E-state index contributed by atoms with van der Waals surface area (Å²) in [5.74, 6) is 0.813. The summed E-state index contributed by atoms with van der Waals surface area (Å²) in [5, 5.41) is 13.7. The number of carbonyl (C=O) groups is 1. The zero-order valence-corrected chi connectivity index (χ0v) is 17.3. The topological polar surface area (TPSA) is 72.3 Å². The fraction of sp³-hybridized carbons (Fsp3) is 0.435. The average Bonchev–Trinajstić information content (AvgIpc) is 3.46. The van der Waals surface area contributed by atoms with Crippen LogP contribution in [0, 0.1) is 0 Å². The fourth-order valence-corrected chi connectivity index (χ4v) is 4.28. The largest absolute Gasteiger partial charge is 0.496 e. The molecule has 7 heteroatoms. The molecule has 2 aromatic carbocycles. The number of carbonyl (C=O) groups excluding carboxylic acids is 1. The molecule has 2 fully saturated rings. The van der Waals surface area contributed by atoms with Gasteiger partial charge in [0, 0.05) is 31.1 Å². The van der Waals surface area contributed by atoms with Crippen molar-refractivity contribution < 1.29 is 9.53 Å². The Morgan fingerprint density at radius 1 is 1.10 bits per heavy atom. The molecule has 0 atom stereocenters. The van der Waals surface area contributed by atoms with Crippen LogP contribution in [0.5, 0.6) is 5.75 Å². The zero-order chi connectivity index (χ0) is 20.5. The molecule has 1 aliphatic carbocycles. The lowest BCUT2D eigenvalue weighted by atomic mass is 10.0. The standard InChI is InChI=1S/C23H27N5O2/c1-30-22-9-6-16(19-4-2-3-5-20(19)22)14-27-12-10-18(11-13-27)28-15-21(25-26-28)23(29)24-17-7-8-17/h2-6,9,15,17-18H,7-8,10-14H2,1H3,(H,24,29). The average molecular weight is 406 g/mol. The minimum atomic E-state index is -0.104. The normalized spacial score (nSPS) is 17.9. The summed E-state index contributed by atoms with van der Waals surface area (Å²) in [6.07, 6.45) is 5.95. The fourth-order valence-electron chi connectivity index (χ4n) is 4.28. The lowest BCUT2D eigenvalue weighted by Gasteiger charge is -2.32. The quantitative estimate of drug-likeness (QED) is 0.682. The van der Waals surface area contributed by atoms with Crippen molar-refractivity contribution in [2.24, 2.45) is 0 Å². The summed E-state index contributed by atoms with van der Waals surface area (Å²) >= 11 is 0. The van der Waals surface area contributed by atoms with Crippen molar-refractivity contribution in [3.05, 3.63) is 53.9 Å². The van der Waals surface area contributed by atoms with E-state index in [4.69, 9.17) is 4.74 Å². The van der Waals surface area contributed by atoms with Crippen LogP contribution in [0.15, 0.2) is 42.6 Å². The summed E-state index contributed by atoms with van der Waals surface area (Å²) in [6, 6.07) is 13.3. The molecule has 2 heterocycles. The summed E-state index contributed by atoms with van der Waals surface area (Å²) in [6.45, 7) is 2.91. The van der Waals surface area contributed by atoms with Gasteiger partial charge in [-0.25, -0.2) is 4.68 Å². The second kappa shape index (κ2) is 8.07. The number of nitrogens with one attached hydrogen (secondary N) is 1. The number of nitrogens with zero attached hydrogens (tertiary/aromatic N) is 4. The summed E-state index contributed by atoms with van der Waals surface area (Å²) in [7, 11) is 1.72. The maximum atomic E-state index is 12.2. The molecule has 5 rings (SSSR count). The highest BCUT2D eigenvalue weighted by atomic mass is 16.5. The number of aromatic nitrogens is 3. The molecule has 1 amide bonds. The van der Waals surface area contributed by atoms with Gasteiger partial charge in [-0.3, -0.25) is 9.69 Å². The highest BCUT2D eigenvalue weighted by Crippen LogP contribution is 2.30. The summed E-state index contributed by atoms with van der Waals surface area (Å²) in [5.41, 5.74) is 1.75. The zero-order valence-electron chi connectivity index (χ0n) is 17.3. The Kier molecular flexibility index (Phi) is 5.12. The first kappa shape index (κ1) is 19.1. The van der Waals surface area contributed by atoms with E-state index >= 15 is 0 Å². The number of hydrogen-bond donors (Lipinski definition) is 1. The van der Waals surface area contributed by atoms with Crippen molar-refractivity contribution in [3.63, 3.8) is 0 Å². The molecule has 1 saturated heterocycles. The number of amides is 1. The lowest BCUT2D eigenvalue weighted by molar-refractivity contribution is 0.0946. The van der Waals surface area contributed by atoms with E-state index in [1.165, 1.54) is 10.9 Å². The number of rotatable bonds is 6. The third kappa shape index (κ3) is 3.89. The van der Waals surface area contributed by atoms with Gasteiger partial charge < -0.3 is 10.1 Å². The molecule has 1 saturated carbocycles. The summed E-state index contributed by atoms with van der Waals surface area (Å²) in [4.78, 5) is 14.6. The Morgan fingerprint density at radius 3 is 2.60 bits per heavy atom. The number of methoxy groups -OCH3 is 1. The van der Waals surface area contributed by atoms with E-state index in [2.05, 4.69) is 56.9 Å². The van der Waals surface area contributed by atoms with Gasteiger partial charge in [-0.1, -0.05) is 35.5 Å². The minimum absolute atomic E-state index is 0.104. The van der Waals surface area contributed by atoms with Crippen LogP contribution in [0.2, 0.25) is 0 Å². The van der Waals surface area contributed by atoms with E-state index in [-0.39, 0.29) is 5.91 Å². The van der Waals surface area contributed by atoms with Gasteiger partial charge >= 0.3 is 0 Å². The van der Waals surface area contributed by atoms with Gasteiger partial charge in [-0.2, -0.15) is 0 Å². The van der Waals surface area contributed by atoms with Gasteiger partial charge in [0.25, 0.3) is 5.91 Å². The Morgan fingerprint density at radius 2 is 1.87 bits per heavy atom. The van der Waals surface area contributed by atoms with E-state index in [0.29, 0.717) is 17.8 Å². The number of piperidine rings is 1. The number of fused-ring (bicyclic) bond motifs is 1. The van der Waals surface area contributed by atoms with Crippen LogP contribution in [0.4, 0.5) is 0 Å². The molecule has 30 heavy (non-hydrogen) atoms. The van der Waals surface area contributed by atoms with Crippen molar-refractivity contribution >= 4 is 16.7 Å². The Bertz CT molecular complexity index is 1050. The van der Waals surface area contributed by atoms with Crippen molar-refractivity contribution in [2.75, 3.05) is 20.2 Å². The molecule has 1 aromatic heterocycles. The van der Waals surface area contributed by atoms with E-state index in [1.807, 2.05) is 4.68 Å². The van der Waals surface area contributed by atoms with Crippen molar-refractivity contribution in [1.29, 1.82) is 0 Å². The number of benzene rings is 2. The molecule has 0 radical (unpaired) electrons. The Balaban J connectivity index is 1.22. The number of likely N-dealkylation sites (tertiary alicyclic amines) is 1.